The highest BCUT2D eigenvalue weighted by molar-refractivity contribution is 7.90. The highest BCUT2D eigenvalue weighted by atomic mass is 32.2. The number of rotatable bonds is 4. The Hall–Kier alpha value is -1.70. The van der Waals surface area contributed by atoms with Gasteiger partial charge in [-0.25, -0.2) is 22.6 Å². The minimum absolute atomic E-state index is 0.00998. The number of pyridine rings is 1. The first kappa shape index (κ1) is 12.4. The minimum Gasteiger partial charge on any atom is -0.478 e. The zero-order chi connectivity index (χ0) is 12.3. The Morgan fingerprint density at radius 1 is 1.62 bits per heavy atom. The second kappa shape index (κ2) is 4.44. The summed E-state index contributed by atoms with van der Waals surface area (Å²) in [5.74, 6) is -2.83. The summed E-state index contributed by atoms with van der Waals surface area (Å²) >= 11 is 0. The van der Waals surface area contributed by atoms with Crippen molar-refractivity contribution in [3.63, 3.8) is 0 Å². The fourth-order valence-corrected chi connectivity index (χ4v) is 1.31. The molecule has 88 valence electrons. The molecule has 0 aromatic carbocycles. The smallest absolute Gasteiger partial charge is 0.338 e. The predicted molar refractivity (Wildman–Crippen MR) is 54.5 cm³/mol. The highest BCUT2D eigenvalue weighted by Crippen LogP contribution is 2.11. The summed E-state index contributed by atoms with van der Waals surface area (Å²) in [7, 11) is -3.26. The molecule has 6 nitrogen and oxygen atoms in total. The molecule has 0 unspecified atom stereocenters. The van der Waals surface area contributed by atoms with E-state index in [0.717, 1.165) is 12.3 Å². The third kappa shape index (κ3) is 3.46. The van der Waals surface area contributed by atoms with Crippen LogP contribution in [0.5, 0.6) is 0 Å². The Morgan fingerprint density at radius 3 is 2.75 bits per heavy atom. The van der Waals surface area contributed by atoms with Crippen molar-refractivity contribution in [2.45, 2.75) is 0 Å². The molecule has 0 spiro atoms. The van der Waals surface area contributed by atoms with Gasteiger partial charge in [-0.15, -0.1) is 0 Å². The van der Waals surface area contributed by atoms with Crippen molar-refractivity contribution >= 4 is 21.6 Å². The minimum atomic E-state index is -3.26. The van der Waals surface area contributed by atoms with Crippen LogP contribution in [0, 0.1) is 5.82 Å². The summed E-state index contributed by atoms with van der Waals surface area (Å²) in [5, 5.41) is 11.0. The number of aromatic nitrogens is 1. The summed E-state index contributed by atoms with van der Waals surface area (Å²) in [6.45, 7) is 0. The molecule has 0 aliphatic heterocycles. The van der Waals surface area contributed by atoms with E-state index in [1.807, 2.05) is 0 Å². The van der Waals surface area contributed by atoms with Gasteiger partial charge in [0.1, 0.15) is 17.3 Å². The molecule has 1 rings (SSSR count). The summed E-state index contributed by atoms with van der Waals surface area (Å²) in [5.41, 5.74) is -0.564. The number of carbonyl (C=O) groups is 1. The molecular weight excluding hydrogens is 239 g/mol. The fourth-order valence-electron chi connectivity index (χ4n) is 0.904. The molecule has 16 heavy (non-hydrogen) atoms. The standard InChI is InChI=1S/C8H9FN2O4S/c1-16(14,15)4-11-7-2-5(8(12)13)6(9)3-10-7/h2-3H,4H2,1H3,(H,10,11)(H,12,13). The molecule has 1 heterocycles. The molecule has 8 heteroatoms. The van der Waals surface area contributed by atoms with Crippen LogP contribution in [0.4, 0.5) is 10.2 Å². The van der Waals surface area contributed by atoms with E-state index in [9.17, 15) is 17.6 Å². The number of anilines is 1. The number of aromatic carboxylic acids is 1. The maximum atomic E-state index is 12.9. The topological polar surface area (TPSA) is 96.4 Å². The lowest BCUT2D eigenvalue weighted by molar-refractivity contribution is 0.0691. The summed E-state index contributed by atoms with van der Waals surface area (Å²) < 4.78 is 34.5. The molecule has 0 saturated carbocycles. The van der Waals surface area contributed by atoms with Crippen molar-refractivity contribution in [3.8, 4) is 0 Å². The van der Waals surface area contributed by atoms with E-state index in [4.69, 9.17) is 5.11 Å². The van der Waals surface area contributed by atoms with Crippen molar-refractivity contribution in [2.75, 3.05) is 17.4 Å². The molecule has 1 aromatic rings. The average Bonchev–Trinajstić information content (AvgIpc) is 2.14. The normalized spacial score (nSPS) is 11.1. The molecule has 0 atom stereocenters. The maximum Gasteiger partial charge on any atom is 0.338 e. The number of hydrogen-bond donors (Lipinski definition) is 2. The quantitative estimate of drug-likeness (QED) is 0.797. The number of carboxylic acid groups (broad SMARTS) is 1. The third-order valence-corrected chi connectivity index (χ3v) is 2.27. The van der Waals surface area contributed by atoms with Gasteiger partial charge in [0.2, 0.25) is 0 Å². The SMILES string of the molecule is CS(=O)(=O)CNc1cc(C(=O)O)c(F)cn1. The lowest BCUT2D eigenvalue weighted by Crippen LogP contribution is -2.14. The van der Waals surface area contributed by atoms with Crippen LogP contribution in [-0.4, -0.2) is 36.6 Å². The highest BCUT2D eigenvalue weighted by Gasteiger charge is 2.12. The fraction of sp³-hybridized carbons (Fsp3) is 0.250. The van der Waals surface area contributed by atoms with Crippen molar-refractivity contribution < 1.29 is 22.7 Å². The van der Waals surface area contributed by atoms with Crippen LogP contribution >= 0.6 is 0 Å². The van der Waals surface area contributed by atoms with E-state index in [2.05, 4.69) is 10.3 Å². The van der Waals surface area contributed by atoms with Crippen LogP contribution in [0.3, 0.4) is 0 Å². The Kier molecular flexibility index (Phi) is 3.43. The molecule has 2 N–H and O–H groups in total. The summed E-state index contributed by atoms with van der Waals surface area (Å²) in [6, 6.07) is 0.933. The largest absolute Gasteiger partial charge is 0.478 e. The molecule has 0 aliphatic rings. The first-order valence-electron chi connectivity index (χ1n) is 4.10. The predicted octanol–water partition coefficient (Wildman–Crippen LogP) is 0.333. The Bertz CT molecular complexity index is 515. The van der Waals surface area contributed by atoms with Crippen LogP contribution < -0.4 is 5.32 Å². The van der Waals surface area contributed by atoms with Crippen molar-refractivity contribution in [1.29, 1.82) is 0 Å². The monoisotopic (exact) mass is 248 g/mol. The molecule has 0 bridgehead atoms. The van der Waals surface area contributed by atoms with E-state index >= 15 is 0 Å². The molecule has 0 aliphatic carbocycles. The van der Waals surface area contributed by atoms with Gasteiger partial charge in [0.05, 0.1) is 6.20 Å². The average molecular weight is 248 g/mol. The third-order valence-electron chi connectivity index (χ3n) is 1.60. The number of hydrogen-bond acceptors (Lipinski definition) is 5. The van der Waals surface area contributed by atoms with E-state index < -0.39 is 33.1 Å². The molecular formula is C8H9FN2O4S. The van der Waals surface area contributed by atoms with Crippen LogP contribution in [0.1, 0.15) is 10.4 Å². The van der Waals surface area contributed by atoms with Crippen LogP contribution in [0.25, 0.3) is 0 Å². The second-order valence-electron chi connectivity index (χ2n) is 3.10. The van der Waals surface area contributed by atoms with Crippen LogP contribution in [-0.2, 0) is 9.84 Å². The number of carboxylic acids is 1. The summed E-state index contributed by atoms with van der Waals surface area (Å²) in [4.78, 5) is 14.1. The van der Waals surface area contributed by atoms with Crippen molar-refractivity contribution in [2.24, 2.45) is 0 Å². The van der Waals surface area contributed by atoms with Crippen molar-refractivity contribution in [1.82, 2.24) is 4.98 Å². The van der Waals surface area contributed by atoms with Gasteiger partial charge in [-0.3, -0.25) is 0 Å². The summed E-state index contributed by atoms with van der Waals surface area (Å²) in [6.07, 6.45) is 1.72. The molecule has 0 saturated heterocycles. The van der Waals surface area contributed by atoms with Gasteiger partial charge in [0, 0.05) is 6.26 Å². The zero-order valence-corrected chi connectivity index (χ0v) is 9.08. The number of nitrogens with zero attached hydrogens (tertiary/aromatic N) is 1. The van der Waals surface area contributed by atoms with E-state index in [0.29, 0.717) is 6.20 Å². The van der Waals surface area contributed by atoms with Gasteiger partial charge in [0.15, 0.2) is 15.7 Å². The molecule has 0 fully saturated rings. The van der Waals surface area contributed by atoms with Crippen molar-refractivity contribution in [3.05, 3.63) is 23.6 Å². The maximum absolute atomic E-state index is 12.9. The zero-order valence-electron chi connectivity index (χ0n) is 8.27. The number of sulfone groups is 1. The lowest BCUT2D eigenvalue weighted by Gasteiger charge is -2.05. The lowest BCUT2D eigenvalue weighted by atomic mass is 10.2. The van der Waals surface area contributed by atoms with Gasteiger partial charge in [-0.05, 0) is 6.07 Å². The van der Waals surface area contributed by atoms with Gasteiger partial charge >= 0.3 is 5.97 Å². The van der Waals surface area contributed by atoms with Crippen LogP contribution in [0.2, 0.25) is 0 Å². The Balaban J connectivity index is 2.91. The molecule has 0 radical (unpaired) electrons. The van der Waals surface area contributed by atoms with Gasteiger partial charge in [-0.1, -0.05) is 0 Å². The van der Waals surface area contributed by atoms with E-state index in [1.54, 1.807) is 0 Å². The number of halogens is 1. The van der Waals surface area contributed by atoms with Gasteiger partial charge < -0.3 is 10.4 Å². The molecule has 1 aromatic heterocycles. The second-order valence-corrected chi connectivity index (χ2v) is 5.24. The Morgan fingerprint density at radius 2 is 2.25 bits per heavy atom. The first-order valence-corrected chi connectivity index (χ1v) is 6.16. The van der Waals surface area contributed by atoms with E-state index in [-0.39, 0.29) is 5.82 Å². The first-order chi connectivity index (χ1) is 7.29. The van der Waals surface area contributed by atoms with Crippen LogP contribution in [0.15, 0.2) is 12.3 Å². The number of nitrogens with one attached hydrogen (secondary N) is 1. The van der Waals surface area contributed by atoms with Gasteiger partial charge in [-0.2, -0.15) is 0 Å². The van der Waals surface area contributed by atoms with Gasteiger partial charge in [0.25, 0.3) is 0 Å². The Labute approximate surface area is 91.0 Å². The molecule has 0 amide bonds. The van der Waals surface area contributed by atoms with E-state index in [1.165, 1.54) is 0 Å².